The molecule has 0 aliphatic rings. The van der Waals surface area contributed by atoms with E-state index < -0.39 is 4.92 Å². The zero-order valence-electron chi connectivity index (χ0n) is 7.28. The summed E-state index contributed by atoms with van der Waals surface area (Å²) in [5.74, 6) is -0.263. The minimum Gasteiger partial charge on any atom is -0.370 e. The number of guanidine groups is 1. The standard InChI is InChI=1S/C7H6BrClN4O2/c8-4-1-3(9)2-5(13(14)15)6(4)12-7(10)11/h1-2H,(H4,10,11,12). The molecular formula is C7H6BrClN4O2. The third kappa shape index (κ3) is 2.80. The third-order valence-electron chi connectivity index (χ3n) is 1.45. The number of benzene rings is 1. The topological polar surface area (TPSA) is 108 Å². The first kappa shape index (κ1) is 11.7. The second-order valence-electron chi connectivity index (χ2n) is 2.55. The molecule has 1 aromatic rings. The molecule has 0 aliphatic carbocycles. The molecule has 0 fully saturated rings. The van der Waals surface area contributed by atoms with Gasteiger partial charge in [0.2, 0.25) is 0 Å². The van der Waals surface area contributed by atoms with Crippen LogP contribution in [-0.2, 0) is 0 Å². The molecule has 0 spiro atoms. The Hall–Kier alpha value is -1.34. The molecule has 0 saturated heterocycles. The summed E-state index contributed by atoms with van der Waals surface area (Å²) in [5, 5.41) is 10.9. The molecule has 4 N–H and O–H groups in total. The van der Waals surface area contributed by atoms with Crippen LogP contribution in [-0.4, -0.2) is 10.9 Å². The van der Waals surface area contributed by atoms with Gasteiger partial charge in [-0.2, -0.15) is 0 Å². The van der Waals surface area contributed by atoms with Gasteiger partial charge in [-0.15, -0.1) is 0 Å². The number of aliphatic imine (C=N–C) groups is 1. The zero-order valence-corrected chi connectivity index (χ0v) is 9.62. The molecule has 0 radical (unpaired) electrons. The largest absolute Gasteiger partial charge is 0.370 e. The lowest BCUT2D eigenvalue weighted by molar-refractivity contribution is -0.384. The van der Waals surface area contributed by atoms with E-state index in [9.17, 15) is 10.1 Å². The molecule has 0 unspecified atom stereocenters. The Bertz CT molecular complexity index is 445. The van der Waals surface area contributed by atoms with Crippen LogP contribution in [0.15, 0.2) is 21.6 Å². The maximum Gasteiger partial charge on any atom is 0.297 e. The highest BCUT2D eigenvalue weighted by Gasteiger charge is 2.18. The highest BCUT2D eigenvalue weighted by molar-refractivity contribution is 9.10. The zero-order chi connectivity index (χ0) is 11.6. The van der Waals surface area contributed by atoms with Crippen LogP contribution in [0.5, 0.6) is 0 Å². The first-order valence-corrected chi connectivity index (χ1v) is 4.82. The SMILES string of the molecule is NC(N)=Nc1c(Br)cc(Cl)cc1[N+](=O)[O-]. The Morgan fingerprint density at radius 2 is 2.13 bits per heavy atom. The van der Waals surface area contributed by atoms with Gasteiger partial charge in [0.25, 0.3) is 5.69 Å². The van der Waals surface area contributed by atoms with Crippen molar-refractivity contribution in [1.82, 2.24) is 0 Å². The van der Waals surface area contributed by atoms with Crippen molar-refractivity contribution in [1.29, 1.82) is 0 Å². The average molecular weight is 294 g/mol. The van der Waals surface area contributed by atoms with Gasteiger partial charge < -0.3 is 11.5 Å². The summed E-state index contributed by atoms with van der Waals surface area (Å²) < 4.78 is 0.357. The molecule has 80 valence electrons. The van der Waals surface area contributed by atoms with Crippen LogP contribution in [0.3, 0.4) is 0 Å². The maximum atomic E-state index is 10.7. The molecule has 15 heavy (non-hydrogen) atoms. The van der Waals surface area contributed by atoms with Gasteiger partial charge in [-0.05, 0) is 22.0 Å². The van der Waals surface area contributed by atoms with Gasteiger partial charge in [-0.1, -0.05) is 11.6 Å². The smallest absolute Gasteiger partial charge is 0.297 e. The van der Waals surface area contributed by atoms with Gasteiger partial charge in [0.15, 0.2) is 11.6 Å². The van der Waals surface area contributed by atoms with E-state index in [-0.39, 0.29) is 22.4 Å². The van der Waals surface area contributed by atoms with Crippen LogP contribution < -0.4 is 11.5 Å². The van der Waals surface area contributed by atoms with Crippen LogP contribution >= 0.6 is 27.5 Å². The maximum absolute atomic E-state index is 10.7. The normalized spacial score (nSPS) is 9.73. The van der Waals surface area contributed by atoms with Gasteiger partial charge in [0.1, 0.15) is 0 Å². The molecule has 8 heteroatoms. The van der Waals surface area contributed by atoms with Crippen molar-refractivity contribution < 1.29 is 4.92 Å². The monoisotopic (exact) mass is 292 g/mol. The minimum absolute atomic E-state index is 0.0457. The summed E-state index contributed by atoms with van der Waals surface area (Å²) in [6, 6.07) is 2.64. The summed E-state index contributed by atoms with van der Waals surface area (Å²) in [7, 11) is 0. The molecule has 0 aliphatic heterocycles. The average Bonchev–Trinajstić information content (AvgIpc) is 2.08. The summed E-state index contributed by atoms with van der Waals surface area (Å²) in [6.07, 6.45) is 0. The molecule has 0 aromatic heterocycles. The van der Waals surface area contributed by atoms with Gasteiger partial charge in [0.05, 0.1) is 9.40 Å². The Balaban J connectivity index is 3.47. The van der Waals surface area contributed by atoms with Gasteiger partial charge in [-0.3, -0.25) is 10.1 Å². The number of hydrogen-bond acceptors (Lipinski definition) is 3. The Labute approximate surface area is 98.2 Å². The Morgan fingerprint density at radius 1 is 1.53 bits per heavy atom. The molecule has 0 saturated carbocycles. The Morgan fingerprint density at radius 3 is 2.60 bits per heavy atom. The first-order valence-electron chi connectivity index (χ1n) is 3.65. The van der Waals surface area contributed by atoms with Crippen molar-refractivity contribution in [2.24, 2.45) is 16.5 Å². The van der Waals surface area contributed by atoms with Gasteiger partial charge in [-0.25, -0.2) is 4.99 Å². The summed E-state index contributed by atoms with van der Waals surface area (Å²) >= 11 is 8.74. The fraction of sp³-hybridized carbons (Fsp3) is 0. The molecular weight excluding hydrogens is 287 g/mol. The molecule has 1 rings (SSSR count). The molecule has 0 heterocycles. The molecule has 0 bridgehead atoms. The highest BCUT2D eigenvalue weighted by atomic mass is 79.9. The third-order valence-corrected chi connectivity index (χ3v) is 2.27. The molecule has 0 atom stereocenters. The lowest BCUT2D eigenvalue weighted by atomic mass is 10.3. The second-order valence-corrected chi connectivity index (χ2v) is 3.84. The number of rotatable bonds is 2. The first-order chi connectivity index (χ1) is 6.91. The lowest BCUT2D eigenvalue weighted by Crippen LogP contribution is -2.22. The summed E-state index contributed by atoms with van der Waals surface area (Å²) in [5.41, 5.74) is 10.1. The summed E-state index contributed by atoms with van der Waals surface area (Å²) in [4.78, 5) is 13.7. The van der Waals surface area contributed by atoms with E-state index in [1.165, 1.54) is 12.1 Å². The highest BCUT2D eigenvalue weighted by Crippen LogP contribution is 2.37. The number of halogens is 2. The van der Waals surface area contributed by atoms with E-state index in [2.05, 4.69) is 20.9 Å². The van der Waals surface area contributed by atoms with Crippen LogP contribution in [0.25, 0.3) is 0 Å². The van der Waals surface area contributed by atoms with Crippen molar-refractivity contribution in [3.8, 4) is 0 Å². The van der Waals surface area contributed by atoms with E-state index in [4.69, 9.17) is 23.1 Å². The van der Waals surface area contributed by atoms with Crippen LogP contribution in [0.2, 0.25) is 5.02 Å². The van der Waals surface area contributed by atoms with Crippen molar-refractivity contribution in [3.05, 3.63) is 31.7 Å². The van der Waals surface area contributed by atoms with E-state index in [0.29, 0.717) is 4.47 Å². The predicted molar refractivity (Wildman–Crippen MR) is 61.3 cm³/mol. The number of nitrogens with two attached hydrogens (primary N) is 2. The second kappa shape index (κ2) is 4.45. The quantitative estimate of drug-likeness (QED) is 0.376. The van der Waals surface area contributed by atoms with E-state index >= 15 is 0 Å². The fourth-order valence-electron chi connectivity index (χ4n) is 0.931. The van der Waals surface area contributed by atoms with Crippen molar-refractivity contribution >= 4 is 44.9 Å². The van der Waals surface area contributed by atoms with Crippen molar-refractivity contribution in [2.45, 2.75) is 0 Å². The predicted octanol–water partition coefficient (Wildman–Crippen LogP) is 1.92. The van der Waals surface area contributed by atoms with Crippen LogP contribution in [0, 0.1) is 10.1 Å². The minimum atomic E-state index is -0.613. The van der Waals surface area contributed by atoms with Crippen LogP contribution in [0.4, 0.5) is 11.4 Å². The molecule has 6 nitrogen and oxygen atoms in total. The van der Waals surface area contributed by atoms with Crippen molar-refractivity contribution in [3.63, 3.8) is 0 Å². The fourth-order valence-corrected chi connectivity index (χ4v) is 1.81. The van der Waals surface area contributed by atoms with E-state index in [1.807, 2.05) is 0 Å². The summed E-state index contributed by atoms with van der Waals surface area (Å²) in [6.45, 7) is 0. The molecule has 1 aromatic carbocycles. The number of nitrogens with zero attached hydrogens (tertiary/aromatic N) is 2. The van der Waals surface area contributed by atoms with E-state index in [0.717, 1.165) is 0 Å². The number of hydrogen-bond donors (Lipinski definition) is 2. The van der Waals surface area contributed by atoms with Gasteiger partial charge in [0, 0.05) is 11.1 Å². The Kier molecular flexibility index (Phi) is 3.48. The lowest BCUT2D eigenvalue weighted by Gasteiger charge is -2.01. The van der Waals surface area contributed by atoms with Gasteiger partial charge >= 0.3 is 0 Å². The van der Waals surface area contributed by atoms with Crippen molar-refractivity contribution in [2.75, 3.05) is 0 Å². The van der Waals surface area contributed by atoms with Crippen LogP contribution in [0.1, 0.15) is 0 Å². The van der Waals surface area contributed by atoms with E-state index in [1.54, 1.807) is 0 Å². The number of nitro benzene ring substituents is 1. The molecule has 0 amide bonds. The number of nitro groups is 1.